The molecule has 98 valence electrons. The summed E-state index contributed by atoms with van der Waals surface area (Å²) in [5, 5.41) is 2.95. The first-order valence-corrected chi connectivity index (χ1v) is 5.91. The highest BCUT2D eigenvalue weighted by molar-refractivity contribution is 6.33. The van der Waals surface area contributed by atoms with Gasteiger partial charge in [-0.2, -0.15) is 0 Å². The average molecular weight is 278 g/mol. The Morgan fingerprint density at radius 2 is 2.11 bits per heavy atom. The van der Waals surface area contributed by atoms with E-state index >= 15 is 0 Å². The van der Waals surface area contributed by atoms with E-state index in [9.17, 15) is 4.79 Å². The van der Waals surface area contributed by atoms with Crippen LogP contribution in [0.3, 0.4) is 0 Å². The maximum atomic E-state index is 11.8. The number of aryl methyl sites for hydroxylation is 1. The summed E-state index contributed by atoms with van der Waals surface area (Å²) in [6, 6.07) is 1.47. The number of nitrogens with one attached hydrogen (secondary N) is 1. The third-order valence-electron chi connectivity index (χ3n) is 2.40. The van der Waals surface area contributed by atoms with Crippen LogP contribution in [0.25, 0.3) is 0 Å². The van der Waals surface area contributed by atoms with Gasteiger partial charge < -0.3 is 11.1 Å². The molecule has 1 amide bonds. The third kappa shape index (κ3) is 3.38. The van der Waals surface area contributed by atoms with Crippen molar-refractivity contribution in [3.63, 3.8) is 0 Å². The number of nitrogen functional groups attached to an aromatic ring is 1. The highest BCUT2D eigenvalue weighted by atomic mass is 35.5. The Balaban J connectivity index is 2.01. The van der Waals surface area contributed by atoms with Crippen molar-refractivity contribution in [1.82, 2.24) is 20.3 Å². The van der Waals surface area contributed by atoms with E-state index in [4.69, 9.17) is 17.3 Å². The number of rotatable bonds is 3. The molecule has 3 N–H and O–H groups in total. The predicted molar refractivity (Wildman–Crippen MR) is 71.6 cm³/mol. The maximum absolute atomic E-state index is 11.8. The van der Waals surface area contributed by atoms with Crippen molar-refractivity contribution >= 4 is 23.3 Å². The van der Waals surface area contributed by atoms with Crippen LogP contribution < -0.4 is 11.1 Å². The molecular weight excluding hydrogens is 266 g/mol. The average Bonchev–Trinajstić information content (AvgIpc) is 2.41. The van der Waals surface area contributed by atoms with Gasteiger partial charge >= 0.3 is 0 Å². The molecule has 0 aliphatic heterocycles. The van der Waals surface area contributed by atoms with Gasteiger partial charge in [0.15, 0.2) is 0 Å². The minimum absolute atomic E-state index is 0.197. The molecule has 0 fully saturated rings. The van der Waals surface area contributed by atoms with Crippen molar-refractivity contribution in [3.8, 4) is 0 Å². The molecule has 0 aromatic carbocycles. The lowest BCUT2D eigenvalue weighted by Gasteiger charge is -2.05. The molecule has 2 rings (SSSR count). The molecule has 0 saturated heterocycles. The van der Waals surface area contributed by atoms with E-state index in [1.807, 2.05) is 6.92 Å². The first-order chi connectivity index (χ1) is 9.06. The standard InChI is InChI=1S/C12H12ClN5O/c1-7-3-16-9(5-15-7)6-18-12(19)8-2-10(13)11(14)17-4-8/h2-5H,6H2,1H3,(H2,14,17)(H,18,19). The van der Waals surface area contributed by atoms with Crippen LogP contribution in [0.15, 0.2) is 24.7 Å². The molecule has 2 aromatic heterocycles. The van der Waals surface area contributed by atoms with E-state index in [1.165, 1.54) is 12.3 Å². The van der Waals surface area contributed by atoms with E-state index in [0.29, 0.717) is 11.3 Å². The molecule has 0 spiro atoms. The van der Waals surface area contributed by atoms with Crippen LogP contribution in [-0.4, -0.2) is 20.9 Å². The molecule has 7 heteroatoms. The van der Waals surface area contributed by atoms with Crippen LogP contribution in [0, 0.1) is 6.92 Å². The van der Waals surface area contributed by atoms with Gasteiger partial charge in [0.05, 0.1) is 34.7 Å². The molecule has 0 saturated carbocycles. The van der Waals surface area contributed by atoms with E-state index in [0.717, 1.165) is 5.69 Å². The molecule has 0 aliphatic rings. The fraction of sp³-hybridized carbons (Fsp3) is 0.167. The van der Waals surface area contributed by atoms with Crippen molar-refractivity contribution in [3.05, 3.63) is 46.6 Å². The maximum Gasteiger partial charge on any atom is 0.253 e. The predicted octanol–water partition coefficient (Wildman–Crippen LogP) is 1.35. The minimum atomic E-state index is -0.295. The summed E-state index contributed by atoms with van der Waals surface area (Å²) in [7, 11) is 0. The molecule has 0 atom stereocenters. The van der Waals surface area contributed by atoms with Crippen LogP contribution in [0.5, 0.6) is 0 Å². The Labute approximate surface area is 115 Å². The van der Waals surface area contributed by atoms with Crippen molar-refractivity contribution in [1.29, 1.82) is 0 Å². The molecule has 0 unspecified atom stereocenters. The number of carbonyl (C=O) groups is 1. The molecule has 6 nitrogen and oxygen atoms in total. The summed E-state index contributed by atoms with van der Waals surface area (Å²) >= 11 is 5.80. The minimum Gasteiger partial charge on any atom is -0.382 e. The van der Waals surface area contributed by atoms with Crippen LogP contribution in [0.4, 0.5) is 5.82 Å². The first-order valence-electron chi connectivity index (χ1n) is 5.53. The Morgan fingerprint density at radius 3 is 2.74 bits per heavy atom. The largest absolute Gasteiger partial charge is 0.382 e. The molecular formula is C12H12ClN5O. The van der Waals surface area contributed by atoms with E-state index < -0.39 is 0 Å². The quantitative estimate of drug-likeness (QED) is 0.883. The Hall–Kier alpha value is -2.21. The zero-order valence-corrected chi connectivity index (χ0v) is 11.0. The summed E-state index contributed by atoms with van der Waals surface area (Å²) in [6.45, 7) is 2.13. The summed E-state index contributed by atoms with van der Waals surface area (Å²) in [5.41, 5.74) is 7.32. The summed E-state index contributed by atoms with van der Waals surface area (Å²) in [6.07, 6.45) is 4.63. The lowest BCUT2D eigenvalue weighted by molar-refractivity contribution is 0.0950. The third-order valence-corrected chi connectivity index (χ3v) is 2.70. The summed E-state index contributed by atoms with van der Waals surface area (Å²) in [5.74, 6) is -0.0978. The van der Waals surface area contributed by atoms with Crippen molar-refractivity contribution in [2.75, 3.05) is 5.73 Å². The molecule has 0 bridgehead atoms. The molecule has 19 heavy (non-hydrogen) atoms. The van der Waals surface area contributed by atoms with E-state index in [1.54, 1.807) is 12.4 Å². The Bertz CT molecular complexity index is 600. The lowest BCUT2D eigenvalue weighted by atomic mass is 10.2. The second kappa shape index (κ2) is 5.62. The highest BCUT2D eigenvalue weighted by Gasteiger charge is 2.08. The number of pyridine rings is 1. The monoisotopic (exact) mass is 277 g/mol. The van der Waals surface area contributed by atoms with Gasteiger partial charge in [0, 0.05) is 12.4 Å². The zero-order chi connectivity index (χ0) is 13.8. The van der Waals surface area contributed by atoms with Crippen molar-refractivity contribution < 1.29 is 4.79 Å². The van der Waals surface area contributed by atoms with Crippen molar-refractivity contribution in [2.24, 2.45) is 0 Å². The van der Waals surface area contributed by atoms with Gasteiger partial charge in [-0.1, -0.05) is 11.6 Å². The van der Waals surface area contributed by atoms with Crippen LogP contribution in [-0.2, 0) is 6.54 Å². The second-order valence-corrected chi connectivity index (χ2v) is 4.33. The fourth-order valence-corrected chi connectivity index (χ4v) is 1.52. The first kappa shape index (κ1) is 13.2. The number of nitrogens with zero attached hydrogens (tertiary/aromatic N) is 3. The van der Waals surface area contributed by atoms with Gasteiger partial charge in [-0.15, -0.1) is 0 Å². The number of hydrogen-bond donors (Lipinski definition) is 2. The Kier molecular flexibility index (Phi) is 3.91. The van der Waals surface area contributed by atoms with E-state index in [-0.39, 0.29) is 23.3 Å². The topological polar surface area (TPSA) is 93.8 Å². The molecule has 2 aromatic rings. The molecule has 0 aliphatic carbocycles. The zero-order valence-electron chi connectivity index (χ0n) is 10.2. The van der Waals surface area contributed by atoms with Crippen molar-refractivity contribution in [2.45, 2.75) is 13.5 Å². The van der Waals surface area contributed by atoms with Gasteiger partial charge in [0.25, 0.3) is 5.91 Å². The Morgan fingerprint density at radius 1 is 1.32 bits per heavy atom. The van der Waals surface area contributed by atoms with Gasteiger partial charge in [0.1, 0.15) is 5.82 Å². The van der Waals surface area contributed by atoms with Crippen LogP contribution >= 0.6 is 11.6 Å². The lowest BCUT2D eigenvalue weighted by Crippen LogP contribution is -2.23. The number of carbonyl (C=O) groups excluding carboxylic acids is 1. The van der Waals surface area contributed by atoms with Crippen LogP contribution in [0.1, 0.15) is 21.7 Å². The van der Waals surface area contributed by atoms with Crippen LogP contribution in [0.2, 0.25) is 5.02 Å². The SMILES string of the molecule is Cc1cnc(CNC(=O)c2cnc(N)c(Cl)c2)cn1. The van der Waals surface area contributed by atoms with Gasteiger partial charge in [-0.3, -0.25) is 14.8 Å². The number of halogens is 1. The smallest absolute Gasteiger partial charge is 0.253 e. The van der Waals surface area contributed by atoms with Gasteiger partial charge in [-0.25, -0.2) is 4.98 Å². The number of aromatic nitrogens is 3. The summed E-state index contributed by atoms with van der Waals surface area (Å²) < 4.78 is 0. The number of amides is 1. The number of anilines is 1. The number of hydrogen-bond acceptors (Lipinski definition) is 5. The molecule has 2 heterocycles. The van der Waals surface area contributed by atoms with Gasteiger partial charge in [-0.05, 0) is 13.0 Å². The number of nitrogens with two attached hydrogens (primary N) is 1. The second-order valence-electron chi connectivity index (χ2n) is 3.92. The summed E-state index contributed by atoms with van der Waals surface area (Å²) in [4.78, 5) is 23.9. The normalized spacial score (nSPS) is 10.2. The fourth-order valence-electron chi connectivity index (χ4n) is 1.36. The van der Waals surface area contributed by atoms with E-state index in [2.05, 4.69) is 20.3 Å². The molecule has 0 radical (unpaired) electrons. The highest BCUT2D eigenvalue weighted by Crippen LogP contribution is 2.16. The van der Waals surface area contributed by atoms with Gasteiger partial charge in [0.2, 0.25) is 0 Å².